The summed E-state index contributed by atoms with van der Waals surface area (Å²) < 4.78 is 15.0. The normalized spacial score (nSPS) is 11.4. The van der Waals surface area contributed by atoms with E-state index < -0.39 is 0 Å². The first-order chi connectivity index (χ1) is 13.2. The van der Waals surface area contributed by atoms with Gasteiger partial charge in [-0.15, -0.1) is 0 Å². The van der Waals surface area contributed by atoms with Crippen molar-refractivity contribution in [2.45, 2.75) is 13.0 Å². The van der Waals surface area contributed by atoms with Crippen LogP contribution in [-0.4, -0.2) is 16.7 Å². The van der Waals surface area contributed by atoms with E-state index in [2.05, 4.69) is 39.4 Å². The molecule has 0 aliphatic carbocycles. The van der Waals surface area contributed by atoms with Crippen LogP contribution in [0, 0.1) is 5.82 Å². The molecule has 1 N–H and O–H groups in total. The average molecular weight is 359 g/mol. The van der Waals surface area contributed by atoms with Crippen molar-refractivity contribution in [3.05, 3.63) is 84.2 Å². The number of halogens is 1. The summed E-state index contributed by atoms with van der Waals surface area (Å²) in [4.78, 5) is 12.2. The molecule has 0 aliphatic heterocycles. The number of para-hydroxylation sites is 2. The molecule has 1 amide bonds. The van der Waals surface area contributed by atoms with Crippen LogP contribution in [0.4, 0.5) is 4.39 Å². The fourth-order valence-electron chi connectivity index (χ4n) is 3.24. The molecule has 4 nitrogen and oxygen atoms in total. The van der Waals surface area contributed by atoms with Crippen molar-refractivity contribution in [2.24, 2.45) is 5.10 Å². The summed E-state index contributed by atoms with van der Waals surface area (Å²) in [7, 11) is 0. The van der Waals surface area contributed by atoms with Crippen molar-refractivity contribution < 1.29 is 9.18 Å². The van der Waals surface area contributed by atoms with E-state index in [1.807, 2.05) is 24.3 Å². The number of carbonyl (C=O) groups excluding carboxylic acids is 1. The highest BCUT2D eigenvalue weighted by molar-refractivity contribution is 6.08. The lowest BCUT2D eigenvalue weighted by Gasteiger charge is -2.06. The molecular formula is C22H18FN3O. The summed E-state index contributed by atoms with van der Waals surface area (Å²) in [6.07, 6.45) is 1.81. The van der Waals surface area contributed by atoms with Crippen LogP contribution in [0.1, 0.15) is 12.0 Å². The smallest absolute Gasteiger partial charge is 0.241 e. The zero-order valence-corrected chi connectivity index (χ0v) is 14.6. The Bertz CT molecular complexity index is 1080. The number of hydrogen-bond acceptors (Lipinski definition) is 2. The first-order valence-electron chi connectivity index (χ1n) is 8.76. The highest BCUT2D eigenvalue weighted by atomic mass is 19.1. The van der Waals surface area contributed by atoms with Crippen LogP contribution < -0.4 is 5.43 Å². The van der Waals surface area contributed by atoms with Gasteiger partial charge in [-0.25, -0.2) is 9.82 Å². The maximum atomic E-state index is 12.9. The van der Waals surface area contributed by atoms with Crippen molar-refractivity contribution in [3.63, 3.8) is 0 Å². The second-order valence-electron chi connectivity index (χ2n) is 6.28. The van der Waals surface area contributed by atoms with E-state index in [0.717, 1.165) is 16.6 Å². The molecule has 0 aliphatic rings. The van der Waals surface area contributed by atoms with Gasteiger partial charge in [-0.05, 0) is 29.8 Å². The van der Waals surface area contributed by atoms with Gasteiger partial charge in [0.15, 0.2) is 0 Å². The van der Waals surface area contributed by atoms with Crippen LogP contribution in [0.25, 0.3) is 21.8 Å². The summed E-state index contributed by atoms with van der Waals surface area (Å²) in [6, 6.07) is 22.3. The monoisotopic (exact) mass is 359 g/mol. The fourth-order valence-corrected chi connectivity index (χ4v) is 3.24. The summed E-state index contributed by atoms with van der Waals surface area (Å²) in [5.74, 6) is -0.474. The third-order valence-electron chi connectivity index (χ3n) is 4.52. The Morgan fingerprint density at radius 2 is 1.52 bits per heavy atom. The van der Waals surface area contributed by atoms with Crippen molar-refractivity contribution >= 4 is 33.9 Å². The van der Waals surface area contributed by atoms with Gasteiger partial charge in [0.05, 0.1) is 6.21 Å². The molecule has 0 spiro atoms. The number of hydrazone groups is 1. The van der Waals surface area contributed by atoms with Gasteiger partial charge in [-0.2, -0.15) is 5.10 Å². The Morgan fingerprint density at radius 3 is 2.15 bits per heavy atom. The number of nitrogens with one attached hydrogen (secondary N) is 1. The van der Waals surface area contributed by atoms with Crippen molar-refractivity contribution in [1.82, 2.24) is 9.99 Å². The van der Waals surface area contributed by atoms with Gasteiger partial charge >= 0.3 is 0 Å². The number of aromatic nitrogens is 1. The van der Waals surface area contributed by atoms with E-state index in [4.69, 9.17) is 0 Å². The molecule has 1 heterocycles. The summed E-state index contributed by atoms with van der Waals surface area (Å²) in [6.45, 7) is 0.561. The largest absolute Gasteiger partial charge is 0.340 e. The first kappa shape index (κ1) is 17.0. The lowest BCUT2D eigenvalue weighted by Crippen LogP contribution is -2.19. The Labute approximate surface area is 155 Å². The van der Waals surface area contributed by atoms with Gasteiger partial charge in [0.1, 0.15) is 5.82 Å². The minimum absolute atomic E-state index is 0.171. The summed E-state index contributed by atoms with van der Waals surface area (Å²) >= 11 is 0. The average Bonchev–Trinajstić information content (AvgIpc) is 3.02. The van der Waals surface area contributed by atoms with Gasteiger partial charge in [-0.1, -0.05) is 48.5 Å². The maximum absolute atomic E-state index is 12.9. The third kappa shape index (κ3) is 3.58. The molecule has 27 heavy (non-hydrogen) atoms. The van der Waals surface area contributed by atoms with Crippen molar-refractivity contribution in [1.29, 1.82) is 0 Å². The molecule has 0 saturated carbocycles. The number of benzene rings is 3. The van der Waals surface area contributed by atoms with Crippen molar-refractivity contribution in [3.8, 4) is 0 Å². The summed E-state index contributed by atoms with van der Waals surface area (Å²) in [5.41, 5.74) is 5.47. The topological polar surface area (TPSA) is 46.4 Å². The molecular weight excluding hydrogens is 341 g/mol. The Hall–Kier alpha value is -3.47. The molecule has 0 bridgehead atoms. The number of carbonyl (C=O) groups is 1. The van der Waals surface area contributed by atoms with Crippen LogP contribution in [0.3, 0.4) is 0 Å². The Morgan fingerprint density at radius 1 is 0.926 bits per heavy atom. The SMILES string of the molecule is O=C(CCn1c2ccccc2c2ccccc21)N/N=C\c1ccc(F)cc1. The second-order valence-corrected chi connectivity index (χ2v) is 6.28. The molecule has 0 atom stereocenters. The lowest BCUT2D eigenvalue weighted by molar-refractivity contribution is -0.121. The van der Waals surface area contributed by atoms with Gasteiger partial charge < -0.3 is 4.57 Å². The molecule has 0 radical (unpaired) electrons. The number of amides is 1. The number of nitrogens with zero attached hydrogens (tertiary/aromatic N) is 2. The molecule has 4 aromatic rings. The zero-order valence-electron chi connectivity index (χ0n) is 14.6. The predicted octanol–water partition coefficient (Wildman–Crippen LogP) is 4.47. The van der Waals surface area contributed by atoms with Crippen LogP contribution in [0.15, 0.2) is 77.9 Å². The van der Waals surface area contributed by atoms with E-state index in [9.17, 15) is 9.18 Å². The Kier molecular flexibility index (Phi) is 4.66. The third-order valence-corrected chi connectivity index (χ3v) is 4.52. The van der Waals surface area contributed by atoms with E-state index in [1.165, 1.54) is 29.1 Å². The number of rotatable bonds is 5. The van der Waals surface area contributed by atoms with Gasteiger partial charge in [0, 0.05) is 34.8 Å². The lowest BCUT2D eigenvalue weighted by atomic mass is 10.2. The fraction of sp³-hybridized carbons (Fsp3) is 0.0909. The first-order valence-corrected chi connectivity index (χ1v) is 8.76. The second kappa shape index (κ2) is 7.41. The van der Waals surface area contributed by atoms with E-state index in [1.54, 1.807) is 12.1 Å². The van der Waals surface area contributed by atoms with E-state index in [0.29, 0.717) is 13.0 Å². The van der Waals surface area contributed by atoms with Crippen LogP contribution in [0.2, 0.25) is 0 Å². The predicted molar refractivity (Wildman–Crippen MR) is 106 cm³/mol. The van der Waals surface area contributed by atoms with E-state index in [-0.39, 0.29) is 11.7 Å². The van der Waals surface area contributed by atoms with E-state index >= 15 is 0 Å². The Balaban J connectivity index is 1.46. The van der Waals surface area contributed by atoms with Crippen LogP contribution >= 0.6 is 0 Å². The molecule has 4 rings (SSSR count). The maximum Gasteiger partial charge on any atom is 0.241 e. The molecule has 1 aromatic heterocycles. The quantitative estimate of drug-likeness (QED) is 0.415. The van der Waals surface area contributed by atoms with Gasteiger partial charge in [-0.3, -0.25) is 4.79 Å². The number of fused-ring (bicyclic) bond motifs is 3. The standard InChI is InChI=1S/C22H18FN3O/c23-17-11-9-16(10-12-17)15-24-25-22(27)13-14-26-20-7-3-1-5-18(20)19-6-2-4-8-21(19)26/h1-12,15H,13-14H2,(H,25,27)/b24-15-. The molecule has 0 unspecified atom stereocenters. The molecule has 134 valence electrons. The number of aryl methyl sites for hydroxylation is 1. The molecule has 0 fully saturated rings. The molecule has 5 heteroatoms. The highest BCUT2D eigenvalue weighted by Crippen LogP contribution is 2.28. The van der Waals surface area contributed by atoms with Gasteiger partial charge in [0.25, 0.3) is 0 Å². The van der Waals surface area contributed by atoms with Crippen LogP contribution in [0.5, 0.6) is 0 Å². The highest BCUT2D eigenvalue weighted by Gasteiger charge is 2.10. The minimum atomic E-state index is -0.303. The minimum Gasteiger partial charge on any atom is -0.340 e. The summed E-state index contributed by atoms with van der Waals surface area (Å²) in [5, 5.41) is 6.31. The van der Waals surface area contributed by atoms with Crippen LogP contribution in [-0.2, 0) is 11.3 Å². The van der Waals surface area contributed by atoms with Crippen molar-refractivity contribution in [2.75, 3.05) is 0 Å². The van der Waals surface area contributed by atoms with Gasteiger partial charge in [0.2, 0.25) is 5.91 Å². The molecule has 0 saturated heterocycles. The zero-order chi connectivity index (χ0) is 18.6. The number of hydrogen-bond donors (Lipinski definition) is 1. The molecule has 3 aromatic carbocycles.